The minimum atomic E-state index is -4.46. The first-order valence-electron chi connectivity index (χ1n) is 20.8. The quantitative estimate of drug-likeness (QED) is 0.0315. The molecule has 3 heterocycles. The fraction of sp³-hybridized carbons (Fsp3) is 0.326. The van der Waals surface area contributed by atoms with Crippen LogP contribution in [0.5, 0.6) is 11.5 Å². The molecule has 19 nitrogen and oxygen atoms in total. The number of aryl methyl sites for hydroxylation is 2. The molecule has 4 N–H and O–H groups in total. The maximum absolute atomic E-state index is 12.0. The molecule has 0 amide bonds. The standard InChI is InChI=1S/C43H49N13O6S4/c1-9-55(10-2)32-19-27(29(21-34(32)61-7)51-53-42-46-26-14-13-24(5)17-36(26)64-42)44-39-48-40(50-41(49-39)63-16-15-57)45-28-20-33(56(11-3)12-4)35(62-8)22-30(28)52-54-43-47-31-23-38(66(58,59)60)25(6)18-37(31)65-43/h13-14,17-23,57H,9-12,15-16H2,1-8H3,(H,58,59,60)(H2,44,45,48,49,50)/b53-51+,54-52+. The monoisotopic (exact) mass is 971 g/mol. The van der Waals surface area contributed by atoms with E-state index in [-0.39, 0.29) is 28.5 Å². The van der Waals surface area contributed by atoms with Crippen molar-refractivity contribution in [3.63, 3.8) is 0 Å². The number of anilines is 6. The number of aliphatic hydroxyl groups is 1. The number of aromatic nitrogens is 5. The third kappa shape index (κ3) is 10.9. The number of benzene rings is 4. The fourth-order valence-corrected chi connectivity index (χ4v) is 10.0. The van der Waals surface area contributed by atoms with Gasteiger partial charge in [-0.3, -0.25) is 4.55 Å². The van der Waals surface area contributed by atoms with E-state index in [4.69, 9.17) is 24.4 Å². The van der Waals surface area contributed by atoms with E-state index in [0.717, 1.165) is 27.2 Å². The van der Waals surface area contributed by atoms with E-state index in [9.17, 15) is 18.1 Å². The lowest BCUT2D eigenvalue weighted by Gasteiger charge is -2.25. The van der Waals surface area contributed by atoms with E-state index in [0.29, 0.717) is 92.2 Å². The van der Waals surface area contributed by atoms with Crippen molar-refractivity contribution in [1.29, 1.82) is 0 Å². The van der Waals surface area contributed by atoms with E-state index in [1.165, 1.54) is 40.5 Å². The minimum absolute atomic E-state index is 0.109. The van der Waals surface area contributed by atoms with Gasteiger partial charge in [0.1, 0.15) is 22.9 Å². The number of thioether (sulfide) groups is 1. The van der Waals surface area contributed by atoms with Crippen molar-refractivity contribution in [2.45, 2.75) is 51.6 Å². The zero-order valence-corrected chi connectivity index (χ0v) is 40.8. The summed E-state index contributed by atoms with van der Waals surface area (Å²) in [6, 6.07) is 16.3. The molecule has 0 atom stereocenters. The number of nitrogens with zero attached hydrogens (tertiary/aromatic N) is 11. The van der Waals surface area contributed by atoms with Crippen molar-refractivity contribution < 1.29 is 27.6 Å². The number of ether oxygens (including phenoxy) is 2. The second-order valence-corrected chi connectivity index (χ2v) is 18.9. The molecule has 0 saturated carbocycles. The van der Waals surface area contributed by atoms with Crippen molar-refractivity contribution in [3.05, 3.63) is 65.7 Å². The molecule has 0 aliphatic carbocycles. The third-order valence-electron chi connectivity index (χ3n) is 10.2. The van der Waals surface area contributed by atoms with Gasteiger partial charge in [-0.05, 0) is 89.1 Å². The number of methoxy groups -OCH3 is 2. The van der Waals surface area contributed by atoms with Gasteiger partial charge in [0, 0.05) is 44.1 Å². The topological polar surface area (TPSA) is 237 Å². The fourth-order valence-electron chi connectivity index (χ4n) is 6.96. The average molecular weight is 972 g/mol. The maximum Gasteiger partial charge on any atom is 0.294 e. The van der Waals surface area contributed by atoms with Gasteiger partial charge in [0.05, 0.1) is 68.9 Å². The van der Waals surface area contributed by atoms with Gasteiger partial charge in [-0.1, -0.05) is 40.5 Å². The number of fused-ring (bicyclic) bond motifs is 2. The zero-order chi connectivity index (χ0) is 47.1. The van der Waals surface area contributed by atoms with E-state index < -0.39 is 10.1 Å². The Kier molecular flexibility index (Phi) is 15.2. The van der Waals surface area contributed by atoms with Gasteiger partial charge in [-0.2, -0.15) is 23.4 Å². The molecule has 0 fully saturated rings. The summed E-state index contributed by atoms with van der Waals surface area (Å²) in [4.78, 5) is 27.5. The Hall–Kier alpha value is -6.11. The molecule has 23 heteroatoms. The number of nitrogens with one attached hydrogen (secondary N) is 2. The Morgan fingerprint density at radius 1 is 0.682 bits per heavy atom. The number of hydrogen-bond donors (Lipinski definition) is 4. The summed E-state index contributed by atoms with van der Waals surface area (Å²) < 4.78 is 47.1. The van der Waals surface area contributed by atoms with Crippen LogP contribution in [0.1, 0.15) is 38.8 Å². The molecule has 3 aromatic heterocycles. The Balaban J connectivity index is 1.31. The molecule has 346 valence electrons. The average Bonchev–Trinajstić information content (AvgIpc) is 3.90. The highest BCUT2D eigenvalue weighted by Crippen LogP contribution is 2.43. The van der Waals surface area contributed by atoms with Gasteiger partial charge < -0.3 is 35.0 Å². The Labute approximate surface area is 394 Å². The van der Waals surface area contributed by atoms with Crippen LogP contribution in [0, 0.1) is 13.8 Å². The number of aliphatic hydroxyl groups excluding tert-OH is 1. The number of azo groups is 2. The van der Waals surface area contributed by atoms with E-state index in [1.807, 2.05) is 51.1 Å². The Bertz CT molecular complexity index is 3040. The molecular formula is C43H49N13O6S4. The van der Waals surface area contributed by atoms with E-state index >= 15 is 0 Å². The van der Waals surface area contributed by atoms with Crippen molar-refractivity contribution in [3.8, 4) is 11.5 Å². The summed E-state index contributed by atoms with van der Waals surface area (Å²) in [5.74, 6) is 1.78. The van der Waals surface area contributed by atoms with Gasteiger partial charge in [0.25, 0.3) is 10.1 Å². The highest BCUT2D eigenvalue weighted by atomic mass is 32.2. The van der Waals surface area contributed by atoms with Gasteiger partial charge in [0.15, 0.2) is 5.16 Å². The lowest BCUT2D eigenvalue weighted by Crippen LogP contribution is -2.22. The molecule has 4 aromatic carbocycles. The molecule has 0 radical (unpaired) electrons. The third-order valence-corrected chi connectivity index (χ3v) is 13.8. The summed E-state index contributed by atoms with van der Waals surface area (Å²) in [5.41, 5.74) is 6.07. The van der Waals surface area contributed by atoms with Crippen LogP contribution in [-0.2, 0) is 10.1 Å². The lowest BCUT2D eigenvalue weighted by atomic mass is 10.2. The van der Waals surface area contributed by atoms with Crippen LogP contribution >= 0.6 is 34.4 Å². The van der Waals surface area contributed by atoms with Crippen LogP contribution in [-0.4, -0.2) is 95.8 Å². The van der Waals surface area contributed by atoms with E-state index in [1.54, 1.807) is 33.3 Å². The molecule has 0 saturated heterocycles. The molecule has 0 spiro atoms. The van der Waals surface area contributed by atoms with Crippen molar-refractivity contribution in [2.75, 3.05) is 73.2 Å². The van der Waals surface area contributed by atoms with Gasteiger partial charge >= 0.3 is 0 Å². The van der Waals surface area contributed by atoms with Crippen LogP contribution in [0.2, 0.25) is 0 Å². The van der Waals surface area contributed by atoms with Crippen LogP contribution < -0.4 is 29.9 Å². The Morgan fingerprint density at radius 2 is 1.20 bits per heavy atom. The van der Waals surface area contributed by atoms with Gasteiger partial charge in [-0.25, -0.2) is 9.97 Å². The SMILES string of the molecule is CCN(CC)c1cc(Nc2nc(Nc3cc(N(CC)CC)c(OC)cc3/N=N/c3nc4cc(S(=O)(=O)O)c(C)cc4s3)nc(SCCO)n2)c(/N=N/c2nc3ccc(C)cc3s2)cc1OC. The zero-order valence-electron chi connectivity index (χ0n) is 37.5. The second-order valence-electron chi connectivity index (χ2n) is 14.4. The van der Waals surface area contributed by atoms with Crippen molar-refractivity contribution in [1.82, 2.24) is 24.9 Å². The first-order valence-corrected chi connectivity index (χ1v) is 24.9. The Morgan fingerprint density at radius 3 is 1.68 bits per heavy atom. The predicted molar refractivity (Wildman–Crippen MR) is 264 cm³/mol. The van der Waals surface area contributed by atoms with Crippen LogP contribution in [0.3, 0.4) is 0 Å². The lowest BCUT2D eigenvalue weighted by molar-refractivity contribution is 0.322. The molecular weight excluding hydrogens is 923 g/mol. The molecule has 7 rings (SSSR count). The van der Waals surface area contributed by atoms with Crippen molar-refractivity contribution in [2.24, 2.45) is 20.5 Å². The summed E-state index contributed by atoms with van der Waals surface area (Å²) in [5, 5.41) is 35.8. The molecule has 0 aliphatic rings. The summed E-state index contributed by atoms with van der Waals surface area (Å²) >= 11 is 3.89. The number of hydrogen-bond acceptors (Lipinski definition) is 21. The summed E-state index contributed by atoms with van der Waals surface area (Å²) in [6.45, 7) is 14.5. The summed E-state index contributed by atoms with van der Waals surface area (Å²) in [6.07, 6.45) is 0. The highest BCUT2D eigenvalue weighted by molar-refractivity contribution is 7.99. The molecule has 66 heavy (non-hydrogen) atoms. The largest absolute Gasteiger partial charge is 0.494 e. The normalized spacial score (nSPS) is 11.9. The molecule has 0 unspecified atom stereocenters. The predicted octanol–water partition coefficient (Wildman–Crippen LogP) is 11.1. The van der Waals surface area contributed by atoms with Gasteiger partial charge in [0.2, 0.25) is 22.2 Å². The minimum Gasteiger partial charge on any atom is -0.494 e. The smallest absolute Gasteiger partial charge is 0.294 e. The molecule has 0 bridgehead atoms. The highest BCUT2D eigenvalue weighted by Gasteiger charge is 2.21. The summed E-state index contributed by atoms with van der Waals surface area (Å²) in [7, 11) is -1.27. The van der Waals surface area contributed by atoms with Crippen molar-refractivity contribution >= 4 is 121 Å². The molecule has 0 aliphatic heterocycles. The number of rotatable bonds is 20. The molecule has 7 aromatic rings. The second kappa shape index (κ2) is 21.0. The number of thiazole rings is 2. The van der Waals surface area contributed by atoms with Gasteiger partial charge in [-0.15, -0.1) is 20.5 Å². The maximum atomic E-state index is 12.0. The van der Waals surface area contributed by atoms with Crippen LogP contribution in [0.25, 0.3) is 20.4 Å². The first kappa shape index (κ1) is 47.8. The first-order chi connectivity index (χ1) is 31.8. The van der Waals surface area contributed by atoms with Crippen LogP contribution in [0.4, 0.5) is 56.3 Å². The van der Waals surface area contributed by atoms with Crippen LogP contribution in [0.15, 0.2) is 85.1 Å². The van der Waals surface area contributed by atoms with E-state index in [2.05, 4.69) is 70.8 Å².